The molecule has 0 radical (unpaired) electrons. The maximum atomic E-state index is 13.1. The molecule has 0 bridgehead atoms. The highest BCUT2D eigenvalue weighted by Gasteiger charge is 2.38. The number of aromatic nitrogens is 3. The van der Waals surface area contributed by atoms with E-state index in [9.17, 15) is 8.42 Å². The van der Waals surface area contributed by atoms with Crippen LogP contribution in [0.4, 0.5) is 0 Å². The molecular formula is C16H17ClN4O3S. The Labute approximate surface area is 150 Å². The predicted molar refractivity (Wildman–Crippen MR) is 92.0 cm³/mol. The fourth-order valence-electron chi connectivity index (χ4n) is 3.21. The molecule has 0 aliphatic carbocycles. The Hall–Kier alpha value is -1.90. The molecule has 4 rings (SSSR count). The van der Waals surface area contributed by atoms with Crippen molar-refractivity contribution in [3.63, 3.8) is 0 Å². The first-order valence-electron chi connectivity index (χ1n) is 7.96. The second-order valence-corrected chi connectivity index (χ2v) is 8.45. The Balaban J connectivity index is 1.75. The van der Waals surface area contributed by atoms with Gasteiger partial charge in [-0.05, 0) is 38.8 Å². The van der Waals surface area contributed by atoms with Crippen molar-refractivity contribution < 1.29 is 12.8 Å². The van der Waals surface area contributed by atoms with Gasteiger partial charge in [0.2, 0.25) is 10.0 Å². The summed E-state index contributed by atoms with van der Waals surface area (Å²) >= 11 is 6.12. The van der Waals surface area contributed by atoms with Crippen LogP contribution in [0.2, 0.25) is 5.02 Å². The topological polar surface area (TPSA) is 80.7 Å². The summed E-state index contributed by atoms with van der Waals surface area (Å²) in [5.41, 5.74) is 1.05. The van der Waals surface area contributed by atoms with Crippen molar-refractivity contribution in [2.24, 2.45) is 0 Å². The second-order valence-electron chi connectivity index (χ2n) is 6.18. The summed E-state index contributed by atoms with van der Waals surface area (Å²) in [6, 6.07) is 3.39. The van der Waals surface area contributed by atoms with Gasteiger partial charge in [-0.2, -0.15) is 9.40 Å². The highest BCUT2D eigenvalue weighted by molar-refractivity contribution is 7.89. The summed E-state index contributed by atoms with van der Waals surface area (Å²) in [7, 11) is -3.71. The highest BCUT2D eigenvalue weighted by atomic mass is 35.5. The van der Waals surface area contributed by atoms with Gasteiger partial charge >= 0.3 is 0 Å². The van der Waals surface area contributed by atoms with Crippen LogP contribution in [0.25, 0.3) is 5.65 Å². The SMILES string of the molecule is Cc1ccc([C@H]2CCCN2S(=O)(=O)c2cnc3c(Cl)c(C)nn3c2)o1. The molecule has 25 heavy (non-hydrogen) atoms. The number of hydrogen-bond acceptors (Lipinski definition) is 5. The molecule has 0 amide bonds. The van der Waals surface area contributed by atoms with Crippen LogP contribution in [0.3, 0.4) is 0 Å². The number of rotatable bonds is 3. The Kier molecular flexibility index (Phi) is 3.86. The Morgan fingerprint density at radius 2 is 2.12 bits per heavy atom. The van der Waals surface area contributed by atoms with Crippen molar-refractivity contribution in [3.05, 3.63) is 46.8 Å². The van der Waals surface area contributed by atoms with Crippen LogP contribution in [0.15, 0.2) is 33.8 Å². The molecule has 1 aliphatic rings. The quantitative estimate of drug-likeness (QED) is 0.697. The van der Waals surface area contributed by atoms with Gasteiger partial charge in [-0.1, -0.05) is 11.6 Å². The smallest absolute Gasteiger partial charge is 0.246 e. The average molecular weight is 381 g/mol. The third-order valence-corrected chi connectivity index (χ3v) is 6.76. The van der Waals surface area contributed by atoms with E-state index in [1.807, 2.05) is 19.1 Å². The molecule has 0 N–H and O–H groups in total. The van der Waals surface area contributed by atoms with Crippen molar-refractivity contribution in [1.82, 2.24) is 18.9 Å². The van der Waals surface area contributed by atoms with Gasteiger partial charge in [0.25, 0.3) is 0 Å². The summed E-state index contributed by atoms with van der Waals surface area (Å²) < 4.78 is 34.8. The van der Waals surface area contributed by atoms with Crippen molar-refractivity contribution >= 4 is 27.3 Å². The van der Waals surface area contributed by atoms with E-state index < -0.39 is 10.0 Å². The molecule has 1 aliphatic heterocycles. The Morgan fingerprint density at radius 3 is 2.84 bits per heavy atom. The average Bonchev–Trinajstić information content (AvgIpc) is 3.27. The number of nitrogens with zero attached hydrogens (tertiary/aromatic N) is 4. The normalized spacial score (nSPS) is 19.1. The van der Waals surface area contributed by atoms with Crippen molar-refractivity contribution in [1.29, 1.82) is 0 Å². The number of furan rings is 1. The fourth-order valence-corrected chi connectivity index (χ4v) is 4.99. The molecule has 1 fully saturated rings. The lowest BCUT2D eigenvalue weighted by atomic mass is 10.2. The molecule has 7 nitrogen and oxygen atoms in total. The molecule has 132 valence electrons. The molecule has 3 aromatic heterocycles. The molecule has 0 spiro atoms. The van der Waals surface area contributed by atoms with Gasteiger partial charge in [0.15, 0.2) is 5.65 Å². The highest BCUT2D eigenvalue weighted by Crippen LogP contribution is 2.37. The zero-order chi connectivity index (χ0) is 17.8. The molecule has 0 saturated carbocycles. The van der Waals surface area contributed by atoms with E-state index in [0.29, 0.717) is 28.7 Å². The fraction of sp³-hybridized carbons (Fsp3) is 0.375. The monoisotopic (exact) mass is 380 g/mol. The first kappa shape index (κ1) is 16.6. The molecule has 0 aromatic carbocycles. The van der Waals surface area contributed by atoms with Gasteiger partial charge in [0, 0.05) is 6.54 Å². The van der Waals surface area contributed by atoms with Crippen LogP contribution >= 0.6 is 11.6 Å². The number of sulfonamides is 1. The third kappa shape index (κ3) is 2.65. The molecule has 3 aromatic rings. The van der Waals surface area contributed by atoms with Crippen LogP contribution in [-0.4, -0.2) is 33.9 Å². The molecule has 1 atom stereocenters. The van der Waals surface area contributed by atoms with Crippen molar-refractivity contribution in [2.45, 2.75) is 37.6 Å². The molecule has 1 saturated heterocycles. The predicted octanol–water partition coefficient (Wildman–Crippen LogP) is 3.12. The number of halogens is 1. The summed E-state index contributed by atoms with van der Waals surface area (Å²) in [5, 5.41) is 4.64. The minimum atomic E-state index is -3.71. The molecule has 4 heterocycles. The van der Waals surface area contributed by atoms with Gasteiger partial charge in [0.05, 0.1) is 24.1 Å². The van der Waals surface area contributed by atoms with Crippen molar-refractivity contribution in [3.8, 4) is 0 Å². The minimum Gasteiger partial charge on any atom is -0.465 e. The van der Waals surface area contributed by atoms with E-state index in [0.717, 1.165) is 18.6 Å². The number of hydrogen-bond donors (Lipinski definition) is 0. The zero-order valence-corrected chi connectivity index (χ0v) is 15.4. The zero-order valence-electron chi connectivity index (χ0n) is 13.8. The largest absolute Gasteiger partial charge is 0.465 e. The van der Waals surface area contributed by atoms with Gasteiger partial charge < -0.3 is 4.42 Å². The number of fused-ring (bicyclic) bond motifs is 1. The third-order valence-electron chi connectivity index (χ3n) is 4.45. The molecule has 9 heteroatoms. The van der Waals surface area contributed by atoms with E-state index in [2.05, 4.69) is 10.1 Å². The summed E-state index contributed by atoms with van der Waals surface area (Å²) in [6.45, 7) is 4.05. The van der Waals surface area contributed by atoms with Crippen LogP contribution in [-0.2, 0) is 10.0 Å². The lowest BCUT2D eigenvalue weighted by molar-refractivity contribution is 0.334. The summed E-state index contributed by atoms with van der Waals surface area (Å²) in [5.74, 6) is 1.44. The van der Waals surface area contributed by atoms with Gasteiger partial charge in [-0.15, -0.1) is 0 Å². The number of aryl methyl sites for hydroxylation is 2. The van der Waals surface area contributed by atoms with Crippen molar-refractivity contribution in [2.75, 3.05) is 6.54 Å². The molecule has 0 unspecified atom stereocenters. The van der Waals surface area contributed by atoms with E-state index >= 15 is 0 Å². The first-order valence-corrected chi connectivity index (χ1v) is 9.78. The van der Waals surface area contributed by atoms with Crippen LogP contribution in [0, 0.1) is 13.8 Å². The maximum absolute atomic E-state index is 13.1. The van der Waals surface area contributed by atoms with Gasteiger partial charge in [-0.25, -0.2) is 17.9 Å². The lowest BCUT2D eigenvalue weighted by Gasteiger charge is -2.22. The molecular weight excluding hydrogens is 364 g/mol. The van der Waals surface area contributed by atoms with E-state index in [-0.39, 0.29) is 10.9 Å². The first-order chi connectivity index (χ1) is 11.9. The van der Waals surface area contributed by atoms with Crippen LogP contribution < -0.4 is 0 Å². The Bertz CT molecular complexity index is 1060. The Morgan fingerprint density at radius 1 is 1.32 bits per heavy atom. The van der Waals surface area contributed by atoms with Crippen LogP contribution in [0.1, 0.15) is 36.1 Å². The summed E-state index contributed by atoms with van der Waals surface area (Å²) in [6.07, 6.45) is 4.31. The standard InChI is InChI=1S/C16H17ClN4O3S/c1-10-5-6-14(24-10)13-4-3-7-21(13)25(22,23)12-8-18-16-15(17)11(2)19-20(16)9-12/h5-6,8-9,13H,3-4,7H2,1-2H3/t13-/m1/s1. The minimum absolute atomic E-state index is 0.0920. The second kappa shape index (κ2) is 5.82. The van der Waals surface area contributed by atoms with E-state index in [1.165, 1.54) is 21.2 Å². The van der Waals surface area contributed by atoms with Crippen LogP contribution in [0.5, 0.6) is 0 Å². The van der Waals surface area contributed by atoms with E-state index in [1.54, 1.807) is 6.92 Å². The van der Waals surface area contributed by atoms with Gasteiger partial charge in [0.1, 0.15) is 21.4 Å². The van der Waals surface area contributed by atoms with E-state index in [4.69, 9.17) is 16.0 Å². The summed E-state index contributed by atoms with van der Waals surface area (Å²) in [4.78, 5) is 4.27. The maximum Gasteiger partial charge on any atom is 0.246 e. The lowest BCUT2D eigenvalue weighted by Crippen LogP contribution is -2.30. The van der Waals surface area contributed by atoms with Gasteiger partial charge in [-0.3, -0.25) is 0 Å².